The molecule has 2 aromatic rings. The van der Waals surface area contributed by atoms with E-state index in [2.05, 4.69) is 61.4 Å². The van der Waals surface area contributed by atoms with Crippen molar-refractivity contribution in [2.45, 2.75) is 71.3 Å². The molecule has 1 N–H and O–H groups in total. The molecule has 33 heavy (non-hydrogen) atoms. The molecular formula is C27H34N3O3+. The SMILES string of the molecule is CCN1c2cc3c(cc2C(C)CC1(C)C)N=c1cc2c(cc1O3)=[N+](CCCC(=O)O)CCC2. The van der Waals surface area contributed by atoms with E-state index in [1.807, 2.05) is 0 Å². The molecule has 0 bridgehead atoms. The maximum atomic E-state index is 10.9. The summed E-state index contributed by atoms with van der Waals surface area (Å²) in [4.78, 5) is 18.5. The molecule has 0 fully saturated rings. The van der Waals surface area contributed by atoms with Crippen LogP contribution in [-0.4, -0.2) is 36.2 Å². The second-order valence-corrected chi connectivity index (χ2v) is 10.3. The van der Waals surface area contributed by atoms with Crippen LogP contribution in [0.1, 0.15) is 70.4 Å². The van der Waals surface area contributed by atoms with Gasteiger partial charge >= 0.3 is 5.97 Å². The molecule has 0 radical (unpaired) electrons. The number of rotatable bonds is 5. The van der Waals surface area contributed by atoms with E-state index in [0.29, 0.717) is 12.3 Å². The molecule has 0 spiro atoms. The summed E-state index contributed by atoms with van der Waals surface area (Å²) in [6, 6.07) is 8.69. The Kier molecular flexibility index (Phi) is 5.42. The molecule has 1 unspecified atom stereocenters. The van der Waals surface area contributed by atoms with E-state index in [4.69, 9.17) is 14.8 Å². The van der Waals surface area contributed by atoms with E-state index in [1.54, 1.807) is 0 Å². The maximum absolute atomic E-state index is 10.9. The topological polar surface area (TPSA) is 65.1 Å². The standard InChI is InChI=1S/C27H33N3O3/c1-5-30-23-15-25-21(13-19(23)17(2)16-27(30,3)4)28-20-12-18-8-6-10-29(11-7-9-26(31)32)22(18)14-24(20)33-25/h12-15,17H,5-11,16H2,1-4H3/p+1. The van der Waals surface area contributed by atoms with Crippen molar-refractivity contribution in [3.63, 3.8) is 0 Å². The van der Waals surface area contributed by atoms with E-state index in [0.717, 1.165) is 66.8 Å². The van der Waals surface area contributed by atoms with Crippen LogP contribution in [0.4, 0.5) is 11.4 Å². The van der Waals surface area contributed by atoms with Crippen molar-refractivity contribution in [3.8, 4) is 11.5 Å². The van der Waals surface area contributed by atoms with Crippen LogP contribution in [0, 0.1) is 0 Å². The molecule has 3 heterocycles. The Morgan fingerprint density at radius 3 is 2.85 bits per heavy atom. The summed E-state index contributed by atoms with van der Waals surface area (Å²) >= 11 is 0. The first kappa shape index (κ1) is 21.9. The number of aryl methyl sites for hydroxylation is 1. The summed E-state index contributed by atoms with van der Waals surface area (Å²) in [5, 5.41) is 11.1. The lowest BCUT2D eigenvalue weighted by molar-refractivity contribution is -0.137. The van der Waals surface area contributed by atoms with Crippen molar-refractivity contribution in [3.05, 3.63) is 46.1 Å². The van der Waals surface area contributed by atoms with Gasteiger partial charge in [-0.2, -0.15) is 0 Å². The van der Waals surface area contributed by atoms with E-state index >= 15 is 0 Å². The van der Waals surface area contributed by atoms with Crippen LogP contribution in [0.15, 0.2) is 29.3 Å². The Labute approximate surface area is 195 Å². The van der Waals surface area contributed by atoms with Crippen molar-refractivity contribution in [1.29, 1.82) is 0 Å². The number of carbonyl (C=O) groups is 1. The number of carboxylic acid groups (broad SMARTS) is 1. The van der Waals surface area contributed by atoms with Crippen LogP contribution in [-0.2, 0) is 11.2 Å². The minimum atomic E-state index is -0.738. The zero-order valence-electron chi connectivity index (χ0n) is 20.1. The summed E-state index contributed by atoms with van der Waals surface area (Å²) in [5.41, 5.74) is 4.91. The molecule has 2 aromatic carbocycles. The van der Waals surface area contributed by atoms with Gasteiger partial charge < -0.3 is 14.7 Å². The van der Waals surface area contributed by atoms with Crippen molar-refractivity contribution < 1.29 is 14.6 Å². The van der Waals surface area contributed by atoms with Gasteiger partial charge in [-0.3, -0.25) is 4.79 Å². The van der Waals surface area contributed by atoms with Crippen molar-refractivity contribution in [1.82, 2.24) is 4.58 Å². The highest BCUT2D eigenvalue weighted by molar-refractivity contribution is 5.71. The molecule has 0 aromatic heterocycles. The van der Waals surface area contributed by atoms with Crippen LogP contribution in [0.5, 0.6) is 11.5 Å². The van der Waals surface area contributed by atoms with Gasteiger partial charge in [-0.1, -0.05) is 6.92 Å². The lowest BCUT2D eigenvalue weighted by Gasteiger charge is -2.47. The van der Waals surface area contributed by atoms with E-state index in [9.17, 15) is 4.79 Å². The molecule has 174 valence electrons. The number of hydrogen-bond donors (Lipinski definition) is 1. The largest absolute Gasteiger partial charge is 0.481 e. The second kappa shape index (κ2) is 8.15. The van der Waals surface area contributed by atoms with Gasteiger partial charge in [-0.05, 0) is 57.2 Å². The van der Waals surface area contributed by atoms with Gasteiger partial charge in [-0.25, -0.2) is 9.57 Å². The monoisotopic (exact) mass is 448 g/mol. The van der Waals surface area contributed by atoms with E-state index in [1.165, 1.54) is 16.8 Å². The van der Waals surface area contributed by atoms with Gasteiger partial charge in [-0.15, -0.1) is 0 Å². The van der Waals surface area contributed by atoms with Crippen LogP contribution < -0.4 is 24.9 Å². The van der Waals surface area contributed by atoms with E-state index < -0.39 is 5.97 Å². The molecule has 6 nitrogen and oxygen atoms in total. The van der Waals surface area contributed by atoms with Crippen LogP contribution >= 0.6 is 0 Å². The zero-order chi connectivity index (χ0) is 23.3. The number of ether oxygens (including phenoxy) is 1. The third-order valence-electron chi connectivity index (χ3n) is 7.44. The summed E-state index contributed by atoms with van der Waals surface area (Å²) < 4.78 is 8.76. The average Bonchev–Trinajstić information content (AvgIpc) is 2.75. The van der Waals surface area contributed by atoms with Gasteiger partial charge in [0.05, 0.1) is 12.5 Å². The fourth-order valence-electron chi connectivity index (χ4n) is 6.01. The van der Waals surface area contributed by atoms with Crippen molar-refractivity contribution in [2.24, 2.45) is 4.99 Å². The van der Waals surface area contributed by atoms with Gasteiger partial charge in [0.15, 0.2) is 11.5 Å². The van der Waals surface area contributed by atoms with Crippen LogP contribution in [0.3, 0.4) is 0 Å². The highest BCUT2D eigenvalue weighted by Gasteiger charge is 2.36. The van der Waals surface area contributed by atoms with Gasteiger partial charge in [0.1, 0.15) is 24.1 Å². The van der Waals surface area contributed by atoms with Crippen LogP contribution in [0.25, 0.3) is 0 Å². The second-order valence-electron chi connectivity index (χ2n) is 10.3. The Hall–Kier alpha value is -2.89. The lowest BCUT2D eigenvalue weighted by atomic mass is 9.80. The number of carboxylic acids is 1. The predicted molar refractivity (Wildman–Crippen MR) is 130 cm³/mol. The Morgan fingerprint density at radius 2 is 2.09 bits per heavy atom. The minimum Gasteiger partial charge on any atom is -0.481 e. The quantitative estimate of drug-likeness (QED) is 0.596. The highest BCUT2D eigenvalue weighted by Crippen LogP contribution is 2.48. The smallest absolute Gasteiger partial charge is 0.303 e. The molecular weight excluding hydrogens is 414 g/mol. The number of anilines is 1. The van der Waals surface area contributed by atoms with E-state index in [-0.39, 0.29) is 12.0 Å². The van der Waals surface area contributed by atoms with Crippen LogP contribution in [0.2, 0.25) is 0 Å². The lowest BCUT2D eigenvalue weighted by Crippen LogP contribution is -2.48. The summed E-state index contributed by atoms with van der Waals surface area (Å²) in [5.74, 6) is 1.34. The average molecular weight is 449 g/mol. The third-order valence-corrected chi connectivity index (χ3v) is 7.44. The first-order chi connectivity index (χ1) is 15.8. The number of aliphatic carboxylic acids is 1. The Balaban J connectivity index is 1.58. The Bertz CT molecular complexity index is 1250. The normalized spacial score (nSPS) is 20.1. The fourth-order valence-corrected chi connectivity index (χ4v) is 6.01. The molecule has 0 amide bonds. The Morgan fingerprint density at radius 1 is 1.27 bits per heavy atom. The predicted octanol–water partition coefficient (Wildman–Crippen LogP) is 4.16. The van der Waals surface area contributed by atoms with Gasteiger partial charge in [0, 0.05) is 42.2 Å². The van der Waals surface area contributed by atoms with Crippen molar-refractivity contribution >= 4 is 17.3 Å². The number of hydrogen-bond acceptors (Lipinski definition) is 4. The molecule has 0 saturated carbocycles. The first-order valence-corrected chi connectivity index (χ1v) is 12.3. The minimum absolute atomic E-state index is 0.106. The summed E-state index contributed by atoms with van der Waals surface area (Å²) in [6.45, 7) is 11.8. The summed E-state index contributed by atoms with van der Waals surface area (Å²) in [7, 11) is 0. The fraction of sp³-hybridized carbons (Fsp3) is 0.519. The van der Waals surface area contributed by atoms with Gasteiger partial charge in [0.25, 0.3) is 0 Å². The van der Waals surface area contributed by atoms with Crippen molar-refractivity contribution in [2.75, 3.05) is 24.5 Å². The molecule has 6 heteroatoms. The first-order valence-electron chi connectivity index (χ1n) is 12.3. The maximum Gasteiger partial charge on any atom is 0.303 e. The van der Waals surface area contributed by atoms with Gasteiger partial charge in [0.2, 0.25) is 5.36 Å². The molecule has 3 aliphatic rings. The highest BCUT2D eigenvalue weighted by atomic mass is 16.5. The molecule has 1 atom stereocenters. The number of fused-ring (bicyclic) bond motifs is 4. The number of benzene rings is 2. The molecule has 0 saturated heterocycles. The third kappa shape index (κ3) is 3.90. The number of nitrogens with zero attached hydrogens (tertiary/aromatic N) is 3. The molecule has 3 aliphatic heterocycles. The molecule has 0 aliphatic carbocycles. The zero-order valence-corrected chi connectivity index (χ0v) is 20.1. The molecule has 5 rings (SSSR count). The summed E-state index contributed by atoms with van der Waals surface area (Å²) in [6.07, 6.45) is 4.05.